The third-order valence-electron chi connectivity index (χ3n) is 4.14. The van der Waals surface area contributed by atoms with Gasteiger partial charge in [-0.1, -0.05) is 46.0 Å². The first-order valence-corrected chi connectivity index (χ1v) is 7.52. The van der Waals surface area contributed by atoms with E-state index in [0.29, 0.717) is 18.0 Å². The molecule has 0 bridgehead atoms. The molecule has 1 saturated carbocycles. The van der Waals surface area contributed by atoms with Gasteiger partial charge >= 0.3 is 0 Å². The maximum atomic E-state index is 5.58. The Morgan fingerprint density at radius 3 is 2.33 bits per heavy atom. The van der Waals surface area contributed by atoms with Crippen LogP contribution in [0.2, 0.25) is 0 Å². The predicted molar refractivity (Wildman–Crippen MR) is 78.3 cm³/mol. The molecule has 1 aliphatic rings. The van der Waals surface area contributed by atoms with Crippen molar-refractivity contribution in [3.05, 3.63) is 0 Å². The minimum Gasteiger partial charge on any atom is -0.353 e. The van der Waals surface area contributed by atoms with Crippen molar-refractivity contribution in [1.82, 2.24) is 10.7 Å². The third-order valence-corrected chi connectivity index (χ3v) is 4.14. The Kier molecular flexibility index (Phi) is 7.09. The molecule has 0 heterocycles. The highest BCUT2D eigenvalue weighted by Gasteiger charge is 2.17. The average Bonchev–Trinajstić information content (AvgIpc) is 2.40. The molecule has 106 valence electrons. The van der Waals surface area contributed by atoms with Crippen molar-refractivity contribution in [2.75, 3.05) is 0 Å². The van der Waals surface area contributed by atoms with E-state index in [1.165, 1.54) is 44.9 Å². The Balaban J connectivity index is 2.51. The van der Waals surface area contributed by atoms with E-state index in [0.717, 1.165) is 5.96 Å². The van der Waals surface area contributed by atoms with E-state index in [4.69, 9.17) is 10.8 Å². The first-order chi connectivity index (χ1) is 8.71. The zero-order valence-electron chi connectivity index (χ0n) is 12.2. The van der Waals surface area contributed by atoms with Gasteiger partial charge in [-0.15, -0.1) is 0 Å². The Hall–Kier alpha value is -0.770. The molecule has 0 spiro atoms. The number of hydrazine groups is 1. The molecular formula is C14H30N4. The summed E-state index contributed by atoms with van der Waals surface area (Å²) in [4.78, 5) is 4.71. The van der Waals surface area contributed by atoms with E-state index >= 15 is 0 Å². The second kappa shape index (κ2) is 8.35. The first kappa shape index (κ1) is 15.3. The number of rotatable bonds is 5. The number of nitrogens with zero attached hydrogens (tertiary/aromatic N) is 1. The molecule has 0 amide bonds. The van der Waals surface area contributed by atoms with Crippen molar-refractivity contribution in [3.63, 3.8) is 0 Å². The molecule has 1 unspecified atom stereocenters. The molecule has 1 atom stereocenters. The van der Waals surface area contributed by atoms with Gasteiger partial charge in [-0.25, -0.2) is 10.8 Å². The highest BCUT2D eigenvalue weighted by molar-refractivity contribution is 5.79. The van der Waals surface area contributed by atoms with Gasteiger partial charge in [0.2, 0.25) is 5.96 Å². The lowest BCUT2D eigenvalue weighted by atomic mass is 9.95. The molecule has 0 saturated heterocycles. The van der Waals surface area contributed by atoms with Crippen molar-refractivity contribution in [2.45, 2.75) is 77.8 Å². The fourth-order valence-corrected chi connectivity index (χ4v) is 2.84. The molecule has 4 nitrogen and oxygen atoms in total. The van der Waals surface area contributed by atoms with Crippen LogP contribution >= 0.6 is 0 Å². The van der Waals surface area contributed by atoms with Crippen LogP contribution in [0.15, 0.2) is 4.99 Å². The SMILES string of the molecule is CCC(CC)C(C)NC(=NC1CCCCC1)NN. The van der Waals surface area contributed by atoms with E-state index in [2.05, 4.69) is 31.5 Å². The Labute approximate surface area is 112 Å². The minimum atomic E-state index is 0.415. The number of aliphatic imine (C=N–C) groups is 1. The standard InChI is InChI=1S/C14H30N4/c1-4-12(5-2)11(3)16-14(18-15)17-13-9-7-6-8-10-13/h11-13H,4-10,15H2,1-3H3,(H2,16,17,18). The van der Waals surface area contributed by atoms with Crippen molar-refractivity contribution < 1.29 is 0 Å². The minimum absolute atomic E-state index is 0.415. The van der Waals surface area contributed by atoms with E-state index in [-0.39, 0.29) is 0 Å². The number of hydrogen-bond acceptors (Lipinski definition) is 2. The summed E-state index contributed by atoms with van der Waals surface area (Å²) in [5.74, 6) is 7.02. The lowest BCUT2D eigenvalue weighted by Gasteiger charge is -2.25. The van der Waals surface area contributed by atoms with Gasteiger partial charge in [0.1, 0.15) is 0 Å². The molecule has 1 fully saturated rings. The van der Waals surface area contributed by atoms with Crippen molar-refractivity contribution in [3.8, 4) is 0 Å². The average molecular weight is 254 g/mol. The zero-order valence-corrected chi connectivity index (χ0v) is 12.2. The van der Waals surface area contributed by atoms with Crippen LogP contribution in [0.4, 0.5) is 0 Å². The number of nitrogens with two attached hydrogens (primary N) is 1. The summed E-state index contributed by atoms with van der Waals surface area (Å²) < 4.78 is 0. The summed E-state index contributed by atoms with van der Waals surface area (Å²) in [7, 11) is 0. The molecule has 0 aromatic carbocycles. The quantitative estimate of drug-likeness (QED) is 0.306. The van der Waals surface area contributed by atoms with Gasteiger partial charge in [-0.3, -0.25) is 5.43 Å². The molecule has 0 aromatic rings. The molecule has 0 aromatic heterocycles. The molecule has 18 heavy (non-hydrogen) atoms. The van der Waals surface area contributed by atoms with Crippen LogP contribution in [0, 0.1) is 5.92 Å². The van der Waals surface area contributed by atoms with Gasteiger partial charge in [0, 0.05) is 6.04 Å². The first-order valence-electron chi connectivity index (χ1n) is 7.52. The summed E-state index contributed by atoms with van der Waals surface area (Å²) in [5.41, 5.74) is 2.72. The monoisotopic (exact) mass is 254 g/mol. The second-order valence-electron chi connectivity index (χ2n) is 5.42. The predicted octanol–water partition coefficient (Wildman–Crippen LogP) is 2.55. The van der Waals surface area contributed by atoms with Gasteiger partial charge in [0.15, 0.2) is 0 Å². The van der Waals surface area contributed by atoms with Crippen molar-refractivity contribution in [1.29, 1.82) is 0 Å². The Morgan fingerprint density at radius 2 is 1.83 bits per heavy atom. The maximum absolute atomic E-state index is 5.58. The van der Waals surface area contributed by atoms with Crippen molar-refractivity contribution in [2.24, 2.45) is 16.8 Å². The van der Waals surface area contributed by atoms with Crippen LogP contribution in [0.25, 0.3) is 0 Å². The second-order valence-corrected chi connectivity index (χ2v) is 5.42. The summed E-state index contributed by atoms with van der Waals surface area (Å²) in [6.07, 6.45) is 8.73. The number of hydrogen-bond donors (Lipinski definition) is 3. The lowest BCUT2D eigenvalue weighted by molar-refractivity contribution is 0.385. The highest BCUT2D eigenvalue weighted by atomic mass is 15.3. The summed E-state index contributed by atoms with van der Waals surface area (Å²) in [6, 6.07) is 0.865. The molecule has 0 radical (unpaired) electrons. The Morgan fingerprint density at radius 1 is 1.22 bits per heavy atom. The van der Waals surface area contributed by atoms with Crippen LogP contribution in [0.3, 0.4) is 0 Å². The number of nitrogens with one attached hydrogen (secondary N) is 2. The normalized spacial score (nSPS) is 19.9. The summed E-state index contributed by atoms with van der Waals surface area (Å²) in [5, 5.41) is 3.43. The van der Waals surface area contributed by atoms with Crippen molar-refractivity contribution >= 4 is 5.96 Å². The van der Waals surface area contributed by atoms with Crippen LogP contribution in [-0.2, 0) is 0 Å². The van der Waals surface area contributed by atoms with Crippen LogP contribution in [0.5, 0.6) is 0 Å². The van der Waals surface area contributed by atoms with Crippen LogP contribution < -0.4 is 16.6 Å². The summed E-state index contributed by atoms with van der Waals surface area (Å²) in [6.45, 7) is 6.69. The van der Waals surface area contributed by atoms with Gasteiger partial charge in [0.05, 0.1) is 6.04 Å². The molecular weight excluding hydrogens is 224 g/mol. The van der Waals surface area contributed by atoms with Gasteiger partial charge in [-0.2, -0.15) is 0 Å². The molecule has 0 aliphatic heterocycles. The Bertz CT molecular complexity index is 242. The van der Waals surface area contributed by atoms with E-state index < -0.39 is 0 Å². The van der Waals surface area contributed by atoms with Crippen LogP contribution in [-0.4, -0.2) is 18.0 Å². The summed E-state index contributed by atoms with van der Waals surface area (Å²) >= 11 is 0. The third kappa shape index (κ3) is 4.84. The molecule has 4 N–H and O–H groups in total. The molecule has 1 aliphatic carbocycles. The fourth-order valence-electron chi connectivity index (χ4n) is 2.84. The topological polar surface area (TPSA) is 62.4 Å². The van der Waals surface area contributed by atoms with Gasteiger partial charge < -0.3 is 5.32 Å². The fraction of sp³-hybridized carbons (Fsp3) is 0.929. The number of guanidine groups is 1. The lowest BCUT2D eigenvalue weighted by Crippen LogP contribution is -2.48. The zero-order chi connectivity index (χ0) is 13.4. The largest absolute Gasteiger partial charge is 0.353 e. The maximum Gasteiger partial charge on any atom is 0.206 e. The van der Waals surface area contributed by atoms with E-state index in [1.54, 1.807) is 0 Å². The van der Waals surface area contributed by atoms with E-state index in [1.807, 2.05) is 0 Å². The highest BCUT2D eigenvalue weighted by Crippen LogP contribution is 2.20. The van der Waals surface area contributed by atoms with Crippen LogP contribution in [0.1, 0.15) is 65.7 Å². The van der Waals surface area contributed by atoms with Gasteiger partial charge in [-0.05, 0) is 25.7 Å². The molecule has 1 rings (SSSR count). The van der Waals surface area contributed by atoms with E-state index in [9.17, 15) is 0 Å². The van der Waals surface area contributed by atoms with Gasteiger partial charge in [0.25, 0.3) is 0 Å². The molecule has 4 heteroatoms. The smallest absolute Gasteiger partial charge is 0.206 e.